The fraction of sp³-hybridized carbons (Fsp3) is 0.281. The average Bonchev–Trinajstić information content (AvgIpc) is 3.51. The Labute approximate surface area is 231 Å². The zero-order valence-corrected chi connectivity index (χ0v) is 24.1. The Bertz CT molecular complexity index is 1300. The third-order valence-electron chi connectivity index (χ3n) is 5.23. The van der Waals surface area contributed by atoms with Crippen molar-refractivity contribution in [1.29, 1.82) is 0 Å². The number of aromatic nitrogens is 3. The van der Waals surface area contributed by atoms with Crippen molar-refractivity contribution in [2.45, 2.75) is 48.5 Å². The highest BCUT2D eigenvalue weighted by atomic mass is 19.1. The summed E-state index contributed by atoms with van der Waals surface area (Å²) in [6, 6.07) is 13.6. The highest BCUT2D eigenvalue weighted by Crippen LogP contribution is 2.09. The lowest BCUT2D eigenvalue weighted by molar-refractivity contribution is 0.582. The van der Waals surface area contributed by atoms with Crippen LogP contribution in [0.2, 0.25) is 0 Å². The molecule has 4 aromatic rings. The maximum atomic E-state index is 12.7. The van der Waals surface area contributed by atoms with Gasteiger partial charge in [0, 0.05) is 25.7 Å². The summed E-state index contributed by atoms with van der Waals surface area (Å²) in [6.07, 6.45) is 9.24. The van der Waals surface area contributed by atoms with Gasteiger partial charge in [0.2, 0.25) is 5.95 Å². The topological polar surface area (TPSA) is 43.1 Å². The Hall–Kier alpha value is -4.00. The molecule has 2 aromatic carbocycles. The van der Waals surface area contributed by atoms with Crippen LogP contribution in [0.15, 0.2) is 83.8 Å². The molecule has 4 nitrogen and oxygen atoms in total. The van der Waals surface area contributed by atoms with Gasteiger partial charge in [0.15, 0.2) is 0 Å². The number of allylic oxidation sites excluding steroid dienone is 1. The fourth-order valence-corrected chi connectivity index (χ4v) is 3.08. The first-order valence-corrected chi connectivity index (χ1v) is 12.5. The zero-order valence-electron chi connectivity index (χ0n) is 24.1. The molecule has 0 aliphatic carbocycles. The van der Waals surface area contributed by atoms with E-state index in [1.54, 1.807) is 49.7 Å². The molecule has 0 spiro atoms. The Balaban J connectivity index is 0.000000245. The molecule has 0 unspecified atom stereocenters. The van der Waals surface area contributed by atoms with Crippen molar-refractivity contribution in [3.05, 3.63) is 130 Å². The third kappa shape index (κ3) is 14.5. The Morgan fingerprint density at radius 2 is 1.38 bits per heavy atom. The fourth-order valence-electron chi connectivity index (χ4n) is 3.08. The van der Waals surface area contributed by atoms with Gasteiger partial charge >= 0.3 is 0 Å². The van der Waals surface area contributed by atoms with E-state index in [1.165, 1.54) is 29.5 Å². The lowest BCUT2D eigenvalue weighted by Gasteiger charge is -1.96. The quantitative estimate of drug-likeness (QED) is 0.213. The van der Waals surface area contributed by atoms with Gasteiger partial charge in [-0.15, -0.1) is 0 Å². The number of aryl methyl sites for hydroxylation is 7. The van der Waals surface area contributed by atoms with Gasteiger partial charge in [-0.3, -0.25) is 9.67 Å². The van der Waals surface area contributed by atoms with E-state index in [0.717, 1.165) is 34.4 Å². The van der Waals surface area contributed by atoms with Gasteiger partial charge in [0.25, 0.3) is 0 Å². The largest absolute Gasteiger partial charge is 0.289 e. The van der Waals surface area contributed by atoms with Crippen molar-refractivity contribution in [2.75, 3.05) is 6.54 Å². The monoisotopic (exact) mass is 536 g/mol. The molecule has 0 fully saturated rings. The second kappa shape index (κ2) is 17.5. The first kappa shape index (κ1) is 33.0. The van der Waals surface area contributed by atoms with Crippen molar-refractivity contribution in [3.8, 4) is 0 Å². The average molecular weight is 537 g/mol. The van der Waals surface area contributed by atoms with Crippen LogP contribution in [0, 0.1) is 59.1 Å². The van der Waals surface area contributed by atoms with E-state index in [-0.39, 0.29) is 11.6 Å². The summed E-state index contributed by atoms with van der Waals surface area (Å²) >= 11 is 0. The molecule has 208 valence electrons. The number of pyridine rings is 1. The van der Waals surface area contributed by atoms with Crippen molar-refractivity contribution in [1.82, 2.24) is 14.8 Å². The number of halogens is 3. The molecular weight excluding hydrogens is 497 g/mol. The minimum Gasteiger partial charge on any atom is -0.289 e. The minimum atomic E-state index is -0.412. The molecular formula is C32H39F3N4. The summed E-state index contributed by atoms with van der Waals surface area (Å²) in [5.74, 6) is -0.622. The molecule has 1 aliphatic heterocycles. The molecule has 1 aliphatic rings. The summed E-state index contributed by atoms with van der Waals surface area (Å²) in [6.45, 7) is 14.0. The van der Waals surface area contributed by atoms with Gasteiger partial charge in [-0.25, -0.2) is 13.8 Å². The van der Waals surface area contributed by atoms with E-state index >= 15 is 0 Å². The van der Waals surface area contributed by atoms with Gasteiger partial charge in [0.1, 0.15) is 11.6 Å². The van der Waals surface area contributed by atoms with Gasteiger partial charge in [-0.2, -0.15) is 9.49 Å². The standard InChI is InChI=1S/2C8H9F.C6H6FN.C5H8N2.C5H7N/c1-6-3-4-8(9)7(2)5-6;1-6-4-3-5-7(2)8(6)9;1-5-2-3-8-6(7)4-5;1-5-3-6-7(2)4-5;1-5-2-3-6-4-5/h2*3-5H,1-2H3;2-4H,1H3;3-4H,1-2H3;2,4H,3H2,1H3. The zero-order chi connectivity index (χ0) is 29.4. The van der Waals surface area contributed by atoms with Crippen molar-refractivity contribution in [3.63, 3.8) is 0 Å². The van der Waals surface area contributed by atoms with E-state index < -0.39 is 5.95 Å². The Kier molecular flexibility index (Phi) is 14.8. The lowest BCUT2D eigenvalue weighted by atomic mass is 10.1. The molecule has 2 aromatic heterocycles. The normalized spacial score (nSPS) is 10.9. The van der Waals surface area contributed by atoms with E-state index in [1.807, 2.05) is 58.6 Å². The second-order valence-electron chi connectivity index (χ2n) is 9.25. The van der Waals surface area contributed by atoms with Crippen molar-refractivity contribution >= 4 is 6.21 Å². The van der Waals surface area contributed by atoms with Gasteiger partial charge in [-0.1, -0.05) is 42.0 Å². The highest BCUT2D eigenvalue weighted by Gasteiger charge is 1.96. The molecule has 39 heavy (non-hydrogen) atoms. The summed E-state index contributed by atoms with van der Waals surface area (Å²) in [4.78, 5) is 7.32. The van der Waals surface area contributed by atoms with Crippen LogP contribution < -0.4 is 0 Å². The predicted molar refractivity (Wildman–Crippen MR) is 156 cm³/mol. The minimum absolute atomic E-state index is 0.0856. The van der Waals surface area contributed by atoms with Crippen molar-refractivity contribution < 1.29 is 13.2 Å². The smallest absolute Gasteiger partial charge is 0.213 e. The lowest BCUT2D eigenvalue weighted by Crippen LogP contribution is -1.84. The predicted octanol–water partition coefficient (Wildman–Crippen LogP) is 8.16. The molecule has 0 saturated heterocycles. The van der Waals surface area contributed by atoms with E-state index in [0.29, 0.717) is 0 Å². The number of aliphatic imine (C=N–C) groups is 1. The Morgan fingerprint density at radius 1 is 0.744 bits per heavy atom. The van der Waals surface area contributed by atoms with Crippen LogP contribution in [0.3, 0.4) is 0 Å². The number of benzene rings is 2. The SMILES string of the molecule is CC1=CCN=C1.Cc1ccc(F)c(C)c1.Cc1cccc(C)c1F.Cc1ccnc(F)c1.Cc1cnn(C)c1. The van der Waals surface area contributed by atoms with Gasteiger partial charge in [0.05, 0.1) is 12.7 Å². The van der Waals surface area contributed by atoms with Crippen LogP contribution in [-0.2, 0) is 7.05 Å². The summed E-state index contributed by atoms with van der Waals surface area (Å²) < 4.78 is 39.1. The summed E-state index contributed by atoms with van der Waals surface area (Å²) in [5, 5.41) is 3.93. The third-order valence-corrected chi connectivity index (χ3v) is 5.23. The number of rotatable bonds is 0. The van der Waals surface area contributed by atoms with Gasteiger partial charge < -0.3 is 0 Å². The first-order chi connectivity index (χ1) is 18.4. The van der Waals surface area contributed by atoms with Crippen molar-refractivity contribution in [2.24, 2.45) is 12.0 Å². The van der Waals surface area contributed by atoms with Gasteiger partial charge in [-0.05, 0) is 100 Å². The van der Waals surface area contributed by atoms with E-state index in [2.05, 4.69) is 28.1 Å². The first-order valence-electron chi connectivity index (χ1n) is 12.5. The highest BCUT2D eigenvalue weighted by molar-refractivity contribution is 5.79. The van der Waals surface area contributed by atoms with Crippen LogP contribution in [0.25, 0.3) is 0 Å². The van der Waals surface area contributed by atoms with E-state index in [4.69, 9.17) is 0 Å². The van der Waals surface area contributed by atoms with E-state index in [9.17, 15) is 13.2 Å². The molecule has 0 saturated carbocycles. The Morgan fingerprint density at radius 3 is 1.69 bits per heavy atom. The number of nitrogens with zero attached hydrogens (tertiary/aromatic N) is 4. The second-order valence-corrected chi connectivity index (χ2v) is 9.25. The van der Waals surface area contributed by atoms with Crippen LogP contribution >= 0.6 is 0 Å². The summed E-state index contributed by atoms with van der Waals surface area (Å²) in [5.41, 5.74) is 6.66. The summed E-state index contributed by atoms with van der Waals surface area (Å²) in [7, 11) is 1.91. The maximum absolute atomic E-state index is 12.7. The number of hydrogen-bond acceptors (Lipinski definition) is 3. The number of hydrogen-bond donors (Lipinski definition) is 0. The maximum Gasteiger partial charge on any atom is 0.213 e. The molecule has 7 heteroatoms. The van der Waals surface area contributed by atoms with Crippen LogP contribution in [0.4, 0.5) is 13.2 Å². The molecule has 0 atom stereocenters. The van der Waals surface area contributed by atoms with Crippen LogP contribution in [0.5, 0.6) is 0 Å². The molecule has 0 amide bonds. The molecule has 0 N–H and O–H groups in total. The molecule has 3 heterocycles. The molecule has 0 radical (unpaired) electrons. The molecule has 0 bridgehead atoms. The van der Waals surface area contributed by atoms with Crippen LogP contribution in [0.1, 0.15) is 40.3 Å². The molecule has 5 rings (SSSR count). The van der Waals surface area contributed by atoms with Crippen LogP contribution in [-0.4, -0.2) is 27.5 Å².